The zero-order valence-electron chi connectivity index (χ0n) is 18.8. The fraction of sp³-hybridized carbons (Fsp3) is 0.542. The molecule has 3 nitrogen and oxygen atoms in total. The second kappa shape index (κ2) is 11.8. The maximum atomic E-state index is 13.4. The maximum absolute atomic E-state index is 13.4. The van der Waals surface area contributed by atoms with Crippen molar-refractivity contribution in [3.05, 3.63) is 53.2 Å². The summed E-state index contributed by atoms with van der Waals surface area (Å²) in [7, 11) is 0. The van der Waals surface area contributed by atoms with Gasteiger partial charge in [0.15, 0.2) is 0 Å². The molecule has 9 heteroatoms. The molecule has 184 valence electrons. The zero-order valence-corrected chi connectivity index (χ0v) is 18.8. The first-order chi connectivity index (χ1) is 15.5. The molecule has 0 radical (unpaired) electrons. The molecule has 1 N–H and O–H groups in total. The molecule has 1 aromatic heterocycles. The molecule has 0 amide bonds. The Kier molecular flexibility index (Phi) is 9.72. The van der Waals surface area contributed by atoms with E-state index in [0.717, 1.165) is 69.1 Å². The van der Waals surface area contributed by atoms with E-state index in [1.54, 1.807) is 0 Å². The van der Waals surface area contributed by atoms with Crippen LogP contribution in [-0.4, -0.2) is 34.6 Å². The van der Waals surface area contributed by atoms with Crippen LogP contribution in [0.1, 0.15) is 68.9 Å². The summed E-state index contributed by atoms with van der Waals surface area (Å²) in [4.78, 5) is 5.79. The molecule has 1 atom stereocenters. The Morgan fingerprint density at radius 3 is 1.91 bits per heavy atom. The molecule has 1 heterocycles. The summed E-state index contributed by atoms with van der Waals surface area (Å²) in [6.07, 6.45) is -6.22. The van der Waals surface area contributed by atoms with Crippen molar-refractivity contribution in [1.82, 2.24) is 9.88 Å². The van der Waals surface area contributed by atoms with Crippen LogP contribution in [0.2, 0.25) is 0 Å². The molecule has 0 unspecified atom stereocenters. The Morgan fingerprint density at radius 1 is 0.848 bits per heavy atom. The number of hydrogen-bond acceptors (Lipinski definition) is 3. The van der Waals surface area contributed by atoms with Gasteiger partial charge in [-0.3, -0.25) is 0 Å². The van der Waals surface area contributed by atoms with Crippen LogP contribution in [0.5, 0.6) is 0 Å². The smallest absolute Gasteiger partial charge is 0.388 e. The lowest BCUT2D eigenvalue weighted by Gasteiger charge is -2.24. The number of hydrogen-bond donors (Lipinski definition) is 1. The molecule has 0 spiro atoms. The van der Waals surface area contributed by atoms with E-state index in [9.17, 15) is 31.4 Å². The second-order valence-corrected chi connectivity index (χ2v) is 8.10. The van der Waals surface area contributed by atoms with Gasteiger partial charge in [-0.05, 0) is 62.2 Å². The van der Waals surface area contributed by atoms with Gasteiger partial charge in [-0.25, -0.2) is 4.98 Å². The minimum absolute atomic E-state index is 0.0400. The largest absolute Gasteiger partial charge is 0.433 e. The third kappa shape index (κ3) is 8.30. The van der Waals surface area contributed by atoms with Crippen LogP contribution in [0.25, 0.3) is 11.3 Å². The fourth-order valence-electron chi connectivity index (χ4n) is 3.44. The maximum Gasteiger partial charge on any atom is 0.433 e. The molecule has 2 rings (SSSR count). The number of benzene rings is 1. The summed E-state index contributed by atoms with van der Waals surface area (Å²) in [5, 5.41) is 10.7. The minimum Gasteiger partial charge on any atom is -0.388 e. The van der Waals surface area contributed by atoms with Crippen LogP contribution in [0.3, 0.4) is 0 Å². The molecular weight excluding hydrogens is 446 g/mol. The molecule has 0 bridgehead atoms. The molecule has 0 aliphatic rings. The van der Waals surface area contributed by atoms with Crippen LogP contribution in [0.4, 0.5) is 26.3 Å². The highest BCUT2D eigenvalue weighted by molar-refractivity contribution is 5.61. The van der Waals surface area contributed by atoms with E-state index in [1.165, 1.54) is 6.07 Å². The molecule has 0 aliphatic carbocycles. The molecule has 0 saturated carbocycles. The van der Waals surface area contributed by atoms with Gasteiger partial charge in [0.05, 0.1) is 17.4 Å². The van der Waals surface area contributed by atoms with Crippen LogP contribution in [0.15, 0.2) is 36.4 Å². The Hall–Kier alpha value is -2.13. The average Bonchev–Trinajstić information content (AvgIpc) is 2.77. The normalized spacial score (nSPS) is 13.5. The highest BCUT2D eigenvalue weighted by Crippen LogP contribution is 2.34. The lowest BCUT2D eigenvalue weighted by molar-refractivity contribution is -0.141. The van der Waals surface area contributed by atoms with Gasteiger partial charge in [-0.1, -0.05) is 38.8 Å². The second-order valence-electron chi connectivity index (χ2n) is 8.10. The lowest BCUT2D eigenvalue weighted by Crippen LogP contribution is -2.28. The number of nitrogens with zero attached hydrogens (tertiary/aromatic N) is 2. The molecule has 0 aliphatic heterocycles. The number of rotatable bonds is 11. The van der Waals surface area contributed by atoms with Crippen molar-refractivity contribution in [1.29, 1.82) is 0 Å². The van der Waals surface area contributed by atoms with E-state index in [0.29, 0.717) is 6.54 Å². The van der Waals surface area contributed by atoms with E-state index in [4.69, 9.17) is 0 Å². The Morgan fingerprint density at radius 2 is 1.42 bits per heavy atom. The highest BCUT2D eigenvalue weighted by atomic mass is 19.4. The lowest BCUT2D eigenvalue weighted by atomic mass is 10.0. The number of aliphatic hydroxyl groups is 1. The molecule has 1 aromatic carbocycles. The molecule has 33 heavy (non-hydrogen) atoms. The summed E-state index contributed by atoms with van der Waals surface area (Å²) in [5.41, 5.74) is -2.09. The predicted molar refractivity (Wildman–Crippen MR) is 116 cm³/mol. The monoisotopic (exact) mass is 476 g/mol. The van der Waals surface area contributed by atoms with Gasteiger partial charge in [0.2, 0.25) is 0 Å². The standard InChI is InChI=1S/C24H30F6N2O/c1-3-5-12-32(13-6-4-2)14-11-21(33)18-15-20(31-22(16-18)24(28,29)30)17-7-9-19(10-8-17)23(25,26)27/h7-10,15-16,21,33H,3-6,11-14H2,1-2H3/t21-/m0/s1. The quantitative estimate of drug-likeness (QED) is 0.351. The first-order valence-corrected chi connectivity index (χ1v) is 11.1. The number of halogens is 6. The van der Waals surface area contributed by atoms with E-state index in [2.05, 4.69) is 23.7 Å². The molecule has 0 saturated heterocycles. The first-order valence-electron chi connectivity index (χ1n) is 11.1. The number of unbranched alkanes of at least 4 members (excludes halogenated alkanes) is 2. The highest BCUT2D eigenvalue weighted by Gasteiger charge is 2.34. The predicted octanol–water partition coefficient (Wildman–Crippen LogP) is 7.11. The van der Waals surface area contributed by atoms with Gasteiger partial charge >= 0.3 is 12.4 Å². The van der Waals surface area contributed by atoms with Gasteiger partial charge in [-0.15, -0.1) is 0 Å². The van der Waals surface area contributed by atoms with E-state index in [1.807, 2.05) is 0 Å². The van der Waals surface area contributed by atoms with Gasteiger partial charge in [0.1, 0.15) is 5.69 Å². The minimum atomic E-state index is -4.76. The van der Waals surface area contributed by atoms with Crippen LogP contribution in [-0.2, 0) is 12.4 Å². The van der Waals surface area contributed by atoms with E-state index >= 15 is 0 Å². The van der Waals surface area contributed by atoms with Crippen molar-refractivity contribution >= 4 is 0 Å². The Labute approximate surface area is 190 Å². The van der Waals surface area contributed by atoms with Gasteiger partial charge < -0.3 is 10.0 Å². The third-order valence-electron chi connectivity index (χ3n) is 5.41. The summed E-state index contributed by atoms with van der Waals surface area (Å²) >= 11 is 0. The van der Waals surface area contributed by atoms with Crippen LogP contribution in [0, 0.1) is 0 Å². The van der Waals surface area contributed by atoms with E-state index in [-0.39, 0.29) is 23.2 Å². The Balaban J connectivity index is 2.28. The Bertz CT molecular complexity index is 857. The van der Waals surface area contributed by atoms with Crippen molar-refractivity contribution < 1.29 is 31.4 Å². The number of alkyl halides is 6. The SMILES string of the molecule is CCCCN(CCCC)CC[C@H](O)c1cc(-c2ccc(C(F)(F)F)cc2)nc(C(F)(F)F)c1. The first kappa shape index (κ1) is 27.1. The number of aliphatic hydroxyl groups excluding tert-OH is 1. The summed E-state index contributed by atoms with van der Waals surface area (Å²) < 4.78 is 78.8. The van der Waals surface area contributed by atoms with Crippen molar-refractivity contribution in [2.45, 2.75) is 64.4 Å². The van der Waals surface area contributed by atoms with Crippen LogP contribution >= 0.6 is 0 Å². The number of pyridine rings is 1. The van der Waals surface area contributed by atoms with Crippen molar-refractivity contribution in [2.24, 2.45) is 0 Å². The van der Waals surface area contributed by atoms with Crippen molar-refractivity contribution in [2.75, 3.05) is 19.6 Å². The third-order valence-corrected chi connectivity index (χ3v) is 5.41. The fourth-order valence-corrected chi connectivity index (χ4v) is 3.44. The van der Waals surface area contributed by atoms with Gasteiger partial charge in [0, 0.05) is 12.1 Å². The average molecular weight is 477 g/mol. The van der Waals surface area contributed by atoms with Crippen molar-refractivity contribution in [3.63, 3.8) is 0 Å². The molecule has 0 fully saturated rings. The van der Waals surface area contributed by atoms with Crippen molar-refractivity contribution in [3.8, 4) is 11.3 Å². The van der Waals surface area contributed by atoms with Gasteiger partial charge in [-0.2, -0.15) is 26.3 Å². The summed E-state index contributed by atoms with van der Waals surface area (Å²) in [5.74, 6) is 0. The van der Waals surface area contributed by atoms with Crippen LogP contribution < -0.4 is 0 Å². The molecular formula is C24H30F6N2O. The summed E-state index contributed by atoms with van der Waals surface area (Å²) in [6, 6.07) is 5.88. The van der Waals surface area contributed by atoms with E-state index < -0.39 is 29.7 Å². The number of aromatic nitrogens is 1. The van der Waals surface area contributed by atoms with Gasteiger partial charge in [0.25, 0.3) is 0 Å². The topological polar surface area (TPSA) is 36.4 Å². The zero-order chi connectivity index (χ0) is 24.6. The molecule has 2 aromatic rings. The summed E-state index contributed by atoms with van der Waals surface area (Å²) in [6.45, 7) is 6.38.